The SMILES string of the molecule is CCC1(CNC(=NC)NCc2cccc(Cn3ccnc3)c2)CCCC1.I. The highest BCUT2D eigenvalue weighted by Crippen LogP contribution is 2.40. The number of imidazole rings is 1. The van der Waals surface area contributed by atoms with Gasteiger partial charge in [-0.2, -0.15) is 0 Å². The fourth-order valence-corrected chi connectivity index (χ4v) is 3.89. The minimum Gasteiger partial charge on any atom is -0.356 e. The molecule has 0 atom stereocenters. The Morgan fingerprint density at radius 2 is 2.00 bits per heavy atom. The average molecular weight is 481 g/mol. The molecule has 5 nitrogen and oxygen atoms in total. The summed E-state index contributed by atoms with van der Waals surface area (Å²) in [6.07, 6.45) is 12.3. The fraction of sp³-hybridized carbons (Fsp3) is 0.524. The molecular weight excluding hydrogens is 449 g/mol. The van der Waals surface area contributed by atoms with E-state index < -0.39 is 0 Å². The van der Waals surface area contributed by atoms with Crippen molar-refractivity contribution in [3.8, 4) is 0 Å². The Labute approximate surface area is 180 Å². The molecule has 1 saturated carbocycles. The van der Waals surface area contributed by atoms with Crippen molar-refractivity contribution in [3.63, 3.8) is 0 Å². The van der Waals surface area contributed by atoms with Gasteiger partial charge in [0.05, 0.1) is 6.33 Å². The van der Waals surface area contributed by atoms with E-state index in [2.05, 4.69) is 56.4 Å². The molecule has 1 heterocycles. The number of guanidine groups is 1. The summed E-state index contributed by atoms with van der Waals surface area (Å²) >= 11 is 0. The minimum atomic E-state index is 0. The zero-order chi connectivity index (χ0) is 18.2. The summed E-state index contributed by atoms with van der Waals surface area (Å²) in [5, 5.41) is 7.01. The van der Waals surface area contributed by atoms with Gasteiger partial charge >= 0.3 is 0 Å². The molecule has 6 heteroatoms. The number of aromatic nitrogens is 2. The van der Waals surface area contributed by atoms with Crippen molar-refractivity contribution in [2.24, 2.45) is 10.4 Å². The van der Waals surface area contributed by atoms with Crippen molar-refractivity contribution in [2.75, 3.05) is 13.6 Å². The predicted octanol–water partition coefficient (Wildman–Crippen LogP) is 4.18. The van der Waals surface area contributed by atoms with Crippen LogP contribution in [0.5, 0.6) is 0 Å². The molecule has 1 aliphatic rings. The second-order valence-corrected chi connectivity index (χ2v) is 7.39. The first-order chi connectivity index (χ1) is 12.7. The second-order valence-electron chi connectivity index (χ2n) is 7.39. The first-order valence-electron chi connectivity index (χ1n) is 9.71. The number of aliphatic imine (C=N–C) groups is 1. The predicted molar refractivity (Wildman–Crippen MR) is 123 cm³/mol. The number of nitrogens with zero attached hydrogens (tertiary/aromatic N) is 3. The van der Waals surface area contributed by atoms with Gasteiger partial charge in [0.2, 0.25) is 0 Å². The largest absolute Gasteiger partial charge is 0.356 e. The van der Waals surface area contributed by atoms with E-state index in [1.165, 1.54) is 43.2 Å². The molecule has 0 bridgehead atoms. The quantitative estimate of drug-likeness (QED) is 0.355. The minimum absolute atomic E-state index is 0. The molecule has 0 aliphatic heterocycles. The number of benzene rings is 1. The van der Waals surface area contributed by atoms with Gasteiger partial charge in [0.1, 0.15) is 0 Å². The summed E-state index contributed by atoms with van der Waals surface area (Å²) in [5.74, 6) is 0.893. The number of hydrogen-bond acceptors (Lipinski definition) is 2. The third kappa shape index (κ3) is 6.23. The smallest absolute Gasteiger partial charge is 0.191 e. The lowest BCUT2D eigenvalue weighted by Gasteiger charge is -2.28. The molecule has 1 aromatic carbocycles. The van der Waals surface area contributed by atoms with Crippen LogP contribution in [0.25, 0.3) is 0 Å². The monoisotopic (exact) mass is 481 g/mol. The molecule has 148 valence electrons. The lowest BCUT2D eigenvalue weighted by molar-refractivity contribution is 0.283. The standard InChI is InChI=1S/C21H31N5.HI/c1-3-21(9-4-5-10-21)16-25-20(22-2)24-14-18-7-6-8-19(13-18)15-26-12-11-23-17-26;/h6-8,11-13,17H,3-5,9-10,14-16H2,1-2H3,(H2,22,24,25);1H. The summed E-state index contributed by atoms with van der Waals surface area (Å²) in [6.45, 7) is 4.95. The van der Waals surface area contributed by atoms with Crippen LogP contribution in [0.2, 0.25) is 0 Å². The molecule has 0 spiro atoms. The van der Waals surface area contributed by atoms with E-state index in [1.807, 2.05) is 25.8 Å². The molecule has 3 rings (SSSR count). The van der Waals surface area contributed by atoms with Crippen LogP contribution in [-0.4, -0.2) is 29.1 Å². The highest BCUT2D eigenvalue weighted by atomic mass is 127. The Morgan fingerprint density at radius 3 is 2.67 bits per heavy atom. The Balaban J connectivity index is 0.00000261. The lowest BCUT2D eigenvalue weighted by atomic mass is 9.83. The maximum atomic E-state index is 4.39. The summed E-state index contributed by atoms with van der Waals surface area (Å²) in [7, 11) is 1.85. The molecule has 1 fully saturated rings. The molecule has 0 amide bonds. The van der Waals surface area contributed by atoms with Gasteiger partial charge in [-0.1, -0.05) is 44.0 Å². The van der Waals surface area contributed by atoms with Gasteiger partial charge in [-0.3, -0.25) is 4.99 Å². The molecule has 0 radical (unpaired) electrons. The molecule has 1 aliphatic carbocycles. The van der Waals surface area contributed by atoms with E-state index in [4.69, 9.17) is 0 Å². The number of nitrogens with one attached hydrogen (secondary N) is 2. The van der Waals surface area contributed by atoms with Crippen molar-refractivity contribution >= 4 is 29.9 Å². The maximum absolute atomic E-state index is 4.39. The third-order valence-electron chi connectivity index (χ3n) is 5.64. The van der Waals surface area contributed by atoms with Crippen LogP contribution in [0, 0.1) is 5.41 Å². The van der Waals surface area contributed by atoms with Gasteiger partial charge in [-0.05, 0) is 35.8 Å². The van der Waals surface area contributed by atoms with E-state index in [9.17, 15) is 0 Å². The summed E-state index contributed by atoms with van der Waals surface area (Å²) in [6, 6.07) is 8.67. The third-order valence-corrected chi connectivity index (χ3v) is 5.64. The Hall–Kier alpha value is -1.57. The lowest BCUT2D eigenvalue weighted by Crippen LogP contribution is -2.42. The first kappa shape index (κ1) is 21.7. The number of hydrogen-bond donors (Lipinski definition) is 2. The fourth-order valence-electron chi connectivity index (χ4n) is 3.89. The zero-order valence-electron chi connectivity index (χ0n) is 16.4. The molecule has 1 aromatic heterocycles. The van der Waals surface area contributed by atoms with Crippen molar-refractivity contribution < 1.29 is 0 Å². The van der Waals surface area contributed by atoms with Crippen molar-refractivity contribution in [2.45, 2.75) is 52.1 Å². The number of rotatable bonds is 7. The molecule has 2 aromatic rings. The highest BCUT2D eigenvalue weighted by Gasteiger charge is 2.31. The van der Waals surface area contributed by atoms with Gasteiger partial charge in [-0.25, -0.2) is 4.98 Å². The van der Waals surface area contributed by atoms with Crippen LogP contribution < -0.4 is 10.6 Å². The Bertz CT molecular complexity index is 705. The van der Waals surface area contributed by atoms with Crippen LogP contribution in [0.15, 0.2) is 48.0 Å². The van der Waals surface area contributed by atoms with Gasteiger partial charge in [0.15, 0.2) is 5.96 Å². The molecular formula is C21H32IN5. The van der Waals surface area contributed by atoms with Crippen LogP contribution in [0.4, 0.5) is 0 Å². The highest BCUT2D eigenvalue weighted by molar-refractivity contribution is 14.0. The van der Waals surface area contributed by atoms with Crippen LogP contribution in [-0.2, 0) is 13.1 Å². The van der Waals surface area contributed by atoms with Crippen molar-refractivity contribution in [3.05, 3.63) is 54.1 Å². The van der Waals surface area contributed by atoms with Gasteiger partial charge in [0, 0.05) is 39.1 Å². The second kappa shape index (κ2) is 10.7. The van der Waals surface area contributed by atoms with Crippen molar-refractivity contribution in [1.29, 1.82) is 0 Å². The molecule has 0 saturated heterocycles. The maximum Gasteiger partial charge on any atom is 0.191 e. The van der Waals surface area contributed by atoms with Gasteiger partial charge in [-0.15, -0.1) is 24.0 Å². The van der Waals surface area contributed by atoms with Crippen LogP contribution in [0.3, 0.4) is 0 Å². The van der Waals surface area contributed by atoms with E-state index in [1.54, 1.807) is 0 Å². The van der Waals surface area contributed by atoms with E-state index in [0.29, 0.717) is 5.41 Å². The Morgan fingerprint density at radius 1 is 1.22 bits per heavy atom. The summed E-state index contributed by atoms with van der Waals surface area (Å²) in [5.41, 5.74) is 3.00. The van der Waals surface area contributed by atoms with E-state index >= 15 is 0 Å². The summed E-state index contributed by atoms with van der Waals surface area (Å²) in [4.78, 5) is 8.50. The van der Waals surface area contributed by atoms with Gasteiger partial charge in [0.25, 0.3) is 0 Å². The van der Waals surface area contributed by atoms with E-state index in [0.717, 1.165) is 25.6 Å². The average Bonchev–Trinajstić information content (AvgIpc) is 3.35. The zero-order valence-corrected chi connectivity index (χ0v) is 18.8. The molecule has 27 heavy (non-hydrogen) atoms. The topological polar surface area (TPSA) is 54.2 Å². The van der Waals surface area contributed by atoms with Crippen LogP contribution >= 0.6 is 24.0 Å². The van der Waals surface area contributed by atoms with E-state index in [-0.39, 0.29) is 24.0 Å². The molecule has 2 N–H and O–H groups in total. The first-order valence-corrected chi connectivity index (χ1v) is 9.71. The van der Waals surface area contributed by atoms with Gasteiger partial charge < -0.3 is 15.2 Å². The Kier molecular flexibility index (Phi) is 8.60. The van der Waals surface area contributed by atoms with Crippen molar-refractivity contribution in [1.82, 2.24) is 20.2 Å². The summed E-state index contributed by atoms with van der Waals surface area (Å²) < 4.78 is 2.08. The normalized spacial score (nSPS) is 16.0. The number of halogens is 1. The molecule has 0 unspecified atom stereocenters. The van der Waals surface area contributed by atoms with Crippen LogP contribution in [0.1, 0.15) is 50.2 Å².